The number of hydrogen-bond acceptors (Lipinski definition) is 7. The molecule has 0 spiro atoms. The number of nitrogens with zero attached hydrogens (tertiary/aromatic N) is 2. The second-order valence-electron chi connectivity index (χ2n) is 7.16. The Morgan fingerprint density at radius 3 is 2.50 bits per heavy atom. The number of carbonyl (C=O) groups excluding carboxylic acids is 1. The number of fused-ring (bicyclic) bond motifs is 1. The normalized spacial score (nSPS) is 10.7. The van der Waals surface area contributed by atoms with Gasteiger partial charge in [0, 0.05) is 17.8 Å². The average Bonchev–Trinajstić information content (AvgIpc) is 2.87. The van der Waals surface area contributed by atoms with Crippen LogP contribution in [0.1, 0.15) is 0 Å². The first kappa shape index (κ1) is 23.2. The van der Waals surface area contributed by atoms with Crippen LogP contribution in [-0.4, -0.2) is 42.5 Å². The van der Waals surface area contributed by atoms with Crippen molar-refractivity contribution in [2.75, 3.05) is 32.4 Å². The van der Waals surface area contributed by atoms with Crippen LogP contribution in [0, 0.1) is 0 Å². The van der Waals surface area contributed by atoms with E-state index in [0.29, 0.717) is 44.7 Å². The van der Waals surface area contributed by atoms with E-state index in [-0.39, 0.29) is 17.2 Å². The number of thioether (sulfide) groups is 1. The molecule has 0 aliphatic heterocycles. The summed E-state index contributed by atoms with van der Waals surface area (Å²) in [5.74, 6) is 1.48. The van der Waals surface area contributed by atoms with Crippen molar-refractivity contribution in [2.24, 2.45) is 0 Å². The van der Waals surface area contributed by atoms with Gasteiger partial charge in [0.05, 0.1) is 43.7 Å². The molecule has 0 aliphatic rings. The first-order valence-corrected chi connectivity index (χ1v) is 11.3. The first-order chi connectivity index (χ1) is 16.5. The molecule has 4 rings (SSSR count). The molecule has 1 heterocycles. The number of rotatable bonds is 8. The maximum Gasteiger partial charge on any atom is 0.266 e. The monoisotopic (exact) mass is 477 g/mol. The Kier molecular flexibility index (Phi) is 7.03. The van der Waals surface area contributed by atoms with Crippen LogP contribution in [-0.2, 0) is 4.79 Å². The lowest BCUT2D eigenvalue weighted by molar-refractivity contribution is -0.113. The van der Waals surface area contributed by atoms with Gasteiger partial charge in [-0.15, -0.1) is 0 Å². The van der Waals surface area contributed by atoms with Gasteiger partial charge < -0.3 is 19.5 Å². The predicted octanol–water partition coefficient (Wildman–Crippen LogP) is 4.14. The van der Waals surface area contributed by atoms with E-state index in [1.165, 1.54) is 23.4 Å². The Labute approximate surface area is 200 Å². The Bertz CT molecular complexity index is 1400. The van der Waals surface area contributed by atoms with Crippen LogP contribution in [0.2, 0.25) is 0 Å². The summed E-state index contributed by atoms with van der Waals surface area (Å²) in [5.41, 5.74) is 1.48. The third-order valence-corrected chi connectivity index (χ3v) is 5.99. The summed E-state index contributed by atoms with van der Waals surface area (Å²) in [6.07, 6.45) is 0. The van der Waals surface area contributed by atoms with Crippen LogP contribution in [0.15, 0.2) is 76.7 Å². The van der Waals surface area contributed by atoms with E-state index in [2.05, 4.69) is 10.3 Å². The molecule has 0 atom stereocenters. The molecule has 0 unspecified atom stereocenters. The summed E-state index contributed by atoms with van der Waals surface area (Å²) < 4.78 is 17.4. The lowest BCUT2D eigenvalue weighted by Crippen LogP contribution is -2.23. The Morgan fingerprint density at radius 1 is 0.941 bits per heavy atom. The number of anilines is 1. The zero-order chi connectivity index (χ0) is 24.1. The number of ether oxygens (including phenoxy) is 3. The SMILES string of the molecule is COc1cccc(NC(=O)CSc2nc3ccccc3c(=O)n2-c2ccc(OC)c(OC)c2)c1. The van der Waals surface area contributed by atoms with Gasteiger partial charge in [0.1, 0.15) is 5.75 Å². The molecule has 9 heteroatoms. The molecule has 174 valence electrons. The van der Waals surface area contributed by atoms with E-state index in [1.54, 1.807) is 74.9 Å². The molecule has 0 aliphatic carbocycles. The molecule has 0 saturated heterocycles. The van der Waals surface area contributed by atoms with E-state index in [9.17, 15) is 9.59 Å². The lowest BCUT2D eigenvalue weighted by atomic mass is 10.2. The quantitative estimate of drug-likeness (QED) is 0.301. The van der Waals surface area contributed by atoms with Gasteiger partial charge in [0.15, 0.2) is 16.7 Å². The minimum absolute atomic E-state index is 0.0509. The Balaban J connectivity index is 1.69. The molecule has 0 saturated carbocycles. The summed E-state index contributed by atoms with van der Waals surface area (Å²) >= 11 is 1.17. The van der Waals surface area contributed by atoms with Gasteiger partial charge in [-0.3, -0.25) is 14.2 Å². The highest BCUT2D eigenvalue weighted by Gasteiger charge is 2.16. The molecule has 4 aromatic rings. The van der Waals surface area contributed by atoms with Crippen LogP contribution < -0.4 is 25.1 Å². The summed E-state index contributed by atoms with van der Waals surface area (Å²) in [7, 11) is 4.64. The summed E-state index contributed by atoms with van der Waals surface area (Å²) in [6, 6.07) is 19.4. The van der Waals surface area contributed by atoms with E-state index < -0.39 is 0 Å². The molecule has 8 nitrogen and oxygen atoms in total. The fourth-order valence-electron chi connectivity index (χ4n) is 3.43. The number of methoxy groups -OCH3 is 3. The van der Waals surface area contributed by atoms with Crippen LogP contribution in [0.3, 0.4) is 0 Å². The fraction of sp³-hybridized carbons (Fsp3) is 0.160. The summed E-state index contributed by atoms with van der Waals surface area (Å²) in [5, 5.41) is 3.70. The van der Waals surface area contributed by atoms with Gasteiger partial charge in [0.25, 0.3) is 5.56 Å². The molecular weight excluding hydrogens is 454 g/mol. The number of nitrogens with one attached hydrogen (secondary N) is 1. The lowest BCUT2D eigenvalue weighted by Gasteiger charge is -2.15. The minimum Gasteiger partial charge on any atom is -0.497 e. The summed E-state index contributed by atoms with van der Waals surface area (Å²) in [4.78, 5) is 30.7. The van der Waals surface area contributed by atoms with Crippen molar-refractivity contribution < 1.29 is 19.0 Å². The highest BCUT2D eigenvalue weighted by molar-refractivity contribution is 7.99. The van der Waals surface area contributed by atoms with E-state index in [4.69, 9.17) is 14.2 Å². The van der Waals surface area contributed by atoms with Crippen molar-refractivity contribution >= 4 is 34.3 Å². The van der Waals surface area contributed by atoms with Gasteiger partial charge in [-0.05, 0) is 36.4 Å². The number of para-hydroxylation sites is 1. The maximum absolute atomic E-state index is 13.4. The van der Waals surface area contributed by atoms with Gasteiger partial charge in [-0.2, -0.15) is 0 Å². The highest BCUT2D eigenvalue weighted by atomic mass is 32.2. The molecule has 0 bridgehead atoms. The minimum atomic E-state index is -0.242. The van der Waals surface area contributed by atoms with Crippen molar-refractivity contribution in [1.82, 2.24) is 9.55 Å². The maximum atomic E-state index is 13.4. The van der Waals surface area contributed by atoms with Crippen molar-refractivity contribution in [3.63, 3.8) is 0 Å². The zero-order valence-corrected chi connectivity index (χ0v) is 19.7. The molecule has 1 amide bonds. The number of carbonyl (C=O) groups is 1. The van der Waals surface area contributed by atoms with Gasteiger partial charge in [-0.1, -0.05) is 30.0 Å². The predicted molar refractivity (Wildman–Crippen MR) is 133 cm³/mol. The topological polar surface area (TPSA) is 91.7 Å². The van der Waals surface area contributed by atoms with Gasteiger partial charge >= 0.3 is 0 Å². The highest BCUT2D eigenvalue weighted by Crippen LogP contribution is 2.30. The summed E-state index contributed by atoms with van der Waals surface area (Å²) in [6.45, 7) is 0. The second kappa shape index (κ2) is 10.3. The number of benzene rings is 3. The Morgan fingerprint density at radius 2 is 1.74 bits per heavy atom. The van der Waals surface area contributed by atoms with Crippen LogP contribution in [0.25, 0.3) is 16.6 Å². The van der Waals surface area contributed by atoms with E-state index in [0.717, 1.165) is 0 Å². The number of hydrogen-bond donors (Lipinski definition) is 1. The molecule has 3 aromatic carbocycles. The van der Waals surface area contributed by atoms with Crippen LogP contribution >= 0.6 is 11.8 Å². The third kappa shape index (κ3) is 4.84. The number of amides is 1. The van der Waals surface area contributed by atoms with Crippen molar-refractivity contribution in [1.29, 1.82) is 0 Å². The first-order valence-electron chi connectivity index (χ1n) is 10.3. The van der Waals surface area contributed by atoms with E-state index >= 15 is 0 Å². The van der Waals surface area contributed by atoms with Crippen LogP contribution in [0.4, 0.5) is 5.69 Å². The van der Waals surface area contributed by atoms with E-state index in [1.807, 2.05) is 6.07 Å². The molecule has 1 N–H and O–H groups in total. The number of aromatic nitrogens is 2. The molecule has 0 radical (unpaired) electrons. The molecular formula is C25H23N3O5S. The molecule has 34 heavy (non-hydrogen) atoms. The van der Waals surface area contributed by atoms with Gasteiger partial charge in [0.2, 0.25) is 5.91 Å². The largest absolute Gasteiger partial charge is 0.497 e. The van der Waals surface area contributed by atoms with Gasteiger partial charge in [-0.25, -0.2) is 4.98 Å². The third-order valence-electron chi connectivity index (χ3n) is 5.06. The molecule has 0 fully saturated rings. The smallest absolute Gasteiger partial charge is 0.266 e. The van der Waals surface area contributed by atoms with Crippen molar-refractivity contribution in [2.45, 2.75) is 5.16 Å². The standard InChI is InChI=1S/C25H23N3O5S/c1-31-18-8-6-7-16(13-18)26-23(29)15-34-25-27-20-10-5-4-9-19(20)24(30)28(25)17-11-12-21(32-2)22(14-17)33-3/h4-14H,15H2,1-3H3,(H,26,29). The second-order valence-corrected chi connectivity index (χ2v) is 8.10. The zero-order valence-electron chi connectivity index (χ0n) is 18.9. The average molecular weight is 478 g/mol. The Hall–Kier alpha value is -3.98. The molecule has 1 aromatic heterocycles. The fourth-order valence-corrected chi connectivity index (χ4v) is 4.24. The van der Waals surface area contributed by atoms with Crippen LogP contribution in [0.5, 0.6) is 17.2 Å². The van der Waals surface area contributed by atoms with Crippen molar-refractivity contribution in [3.8, 4) is 22.9 Å². The van der Waals surface area contributed by atoms with Crippen molar-refractivity contribution in [3.05, 3.63) is 77.1 Å².